The summed E-state index contributed by atoms with van der Waals surface area (Å²) in [5.74, 6) is 0.813. The van der Waals surface area contributed by atoms with Crippen molar-refractivity contribution in [3.63, 3.8) is 0 Å². The van der Waals surface area contributed by atoms with Gasteiger partial charge in [-0.25, -0.2) is 0 Å². The van der Waals surface area contributed by atoms with Gasteiger partial charge in [0, 0.05) is 6.21 Å². The van der Waals surface area contributed by atoms with Crippen molar-refractivity contribution < 1.29 is 4.74 Å². The molecule has 0 aliphatic carbocycles. The molecular weight excluding hydrogens is 174 g/mol. The van der Waals surface area contributed by atoms with Gasteiger partial charge in [-0.15, -0.1) is 0 Å². The van der Waals surface area contributed by atoms with Crippen LogP contribution in [0.4, 0.5) is 5.69 Å². The first kappa shape index (κ1) is 10.8. The predicted octanol–water partition coefficient (Wildman–Crippen LogP) is 3.44. The van der Waals surface area contributed by atoms with E-state index in [9.17, 15) is 0 Å². The molecule has 2 heteroatoms. The molecule has 0 heterocycles. The Labute approximate surface area is 85.6 Å². The second-order valence-corrected chi connectivity index (χ2v) is 4.30. The highest BCUT2D eigenvalue weighted by atomic mass is 16.5. The normalized spacial score (nSPS) is 12.0. The highest BCUT2D eigenvalue weighted by Gasteiger charge is 2.06. The molecule has 0 fully saturated rings. The number of nitrogens with zero attached hydrogens (tertiary/aromatic N) is 1. The van der Waals surface area contributed by atoms with E-state index in [-0.39, 0.29) is 5.41 Å². The zero-order valence-corrected chi connectivity index (χ0v) is 9.24. The van der Waals surface area contributed by atoms with Crippen molar-refractivity contribution in [1.82, 2.24) is 0 Å². The molecule has 0 aromatic heterocycles. The van der Waals surface area contributed by atoms with E-state index in [0.29, 0.717) is 0 Å². The van der Waals surface area contributed by atoms with Crippen LogP contribution in [0.15, 0.2) is 29.3 Å². The summed E-state index contributed by atoms with van der Waals surface area (Å²) in [6, 6.07) is 7.75. The van der Waals surface area contributed by atoms with E-state index in [1.807, 2.05) is 30.5 Å². The molecule has 76 valence electrons. The Balaban J connectivity index is 2.91. The van der Waals surface area contributed by atoms with Crippen LogP contribution in [0, 0.1) is 5.41 Å². The number of hydrogen-bond acceptors (Lipinski definition) is 2. The fourth-order valence-corrected chi connectivity index (χ4v) is 1.000. The maximum atomic E-state index is 5.20. The molecule has 0 radical (unpaired) electrons. The Kier molecular flexibility index (Phi) is 3.28. The van der Waals surface area contributed by atoms with Crippen LogP contribution in [-0.2, 0) is 0 Å². The Bertz CT molecular complexity index is 323. The van der Waals surface area contributed by atoms with Crippen molar-refractivity contribution in [2.45, 2.75) is 20.8 Å². The predicted molar refractivity (Wildman–Crippen MR) is 60.6 cm³/mol. The minimum absolute atomic E-state index is 0.0981. The Morgan fingerprint density at radius 2 is 1.86 bits per heavy atom. The van der Waals surface area contributed by atoms with Crippen LogP contribution in [0.3, 0.4) is 0 Å². The molecule has 0 aliphatic heterocycles. The molecular formula is C12H17NO. The molecule has 0 bridgehead atoms. The Morgan fingerprint density at radius 3 is 2.43 bits per heavy atom. The van der Waals surface area contributed by atoms with Crippen LogP contribution >= 0.6 is 0 Å². The van der Waals surface area contributed by atoms with E-state index < -0.39 is 0 Å². The SMILES string of the molecule is COc1ccccc1N=CC(C)(C)C. The van der Waals surface area contributed by atoms with E-state index in [4.69, 9.17) is 4.74 Å². The Hall–Kier alpha value is -1.31. The number of hydrogen-bond donors (Lipinski definition) is 0. The third-order valence-electron chi connectivity index (χ3n) is 1.68. The molecule has 0 spiro atoms. The van der Waals surface area contributed by atoms with Gasteiger partial charge in [0.1, 0.15) is 11.4 Å². The summed E-state index contributed by atoms with van der Waals surface area (Å²) in [7, 11) is 1.66. The minimum Gasteiger partial charge on any atom is -0.494 e. The van der Waals surface area contributed by atoms with Crippen molar-refractivity contribution in [3.05, 3.63) is 24.3 Å². The summed E-state index contributed by atoms with van der Waals surface area (Å²) in [4.78, 5) is 4.40. The van der Waals surface area contributed by atoms with Gasteiger partial charge in [-0.3, -0.25) is 4.99 Å². The topological polar surface area (TPSA) is 21.6 Å². The Morgan fingerprint density at radius 1 is 1.21 bits per heavy atom. The fraction of sp³-hybridized carbons (Fsp3) is 0.417. The van der Waals surface area contributed by atoms with Crippen LogP contribution in [0.25, 0.3) is 0 Å². The van der Waals surface area contributed by atoms with Gasteiger partial charge in [0.2, 0.25) is 0 Å². The van der Waals surface area contributed by atoms with E-state index in [2.05, 4.69) is 25.8 Å². The summed E-state index contributed by atoms with van der Waals surface area (Å²) in [6.07, 6.45) is 1.94. The van der Waals surface area contributed by atoms with Crippen LogP contribution in [0.2, 0.25) is 0 Å². The third kappa shape index (κ3) is 3.21. The maximum Gasteiger partial charge on any atom is 0.144 e. The zero-order chi connectivity index (χ0) is 10.6. The van der Waals surface area contributed by atoms with Crippen molar-refractivity contribution in [2.24, 2.45) is 10.4 Å². The van der Waals surface area contributed by atoms with Crippen LogP contribution in [0.5, 0.6) is 5.75 Å². The number of ether oxygens (including phenoxy) is 1. The van der Waals surface area contributed by atoms with E-state index >= 15 is 0 Å². The molecule has 14 heavy (non-hydrogen) atoms. The lowest BCUT2D eigenvalue weighted by molar-refractivity contribution is 0.416. The van der Waals surface area contributed by atoms with Gasteiger partial charge in [0.15, 0.2) is 0 Å². The average molecular weight is 191 g/mol. The molecule has 0 unspecified atom stereocenters. The van der Waals surface area contributed by atoms with Gasteiger partial charge in [-0.05, 0) is 17.5 Å². The smallest absolute Gasteiger partial charge is 0.144 e. The van der Waals surface area contributed by atoms with Crippen molar-refractivity contribution >= 4 is 11.9 Å². The average Bonchev–Trinajstić information content (AvgIpc) is 2.14. The maximum absolute atomic E-state index is 5.20. The first-order chi connectivity index (χ1) is 6.53. The summed E-state index contributed by atoms with van der Waals surface area (Å²) >= 11 is 0. The van der Waals surface area contributed by atoms with Crippen LogP contribution in [-0.4, -0.2) is 13.3 Å². The van der Waals surface area contributed by atoms with Gasteiger partial charge >= 0.3 is 0 Å². The number of rotatable bonds is 2. The van der Waals surface area contributed by atoms with Gasteiger partial charge in [-0.1, -0.05) is 32.9 Å². The molecule has 1 aromatic rings. The quantitative estimate of drug-likeness (QED) is 0.656. The van der Waals surface area contributed by atoms with Gasteiger partial charge < -0.3 is 4.74 Å². The zero-order valence-electron chi connectivity index (χ0n) is 9.24. The highest BCUT2D eigenvalue weighted by molar-refractivity contribution is 5.70. The third-order valence-corrected chi connectivity index (χ3v) is 1.68. The molecule has 0 saturated carbocycles. The molecule has 1 rings (SSSR count). The summed E-state index contributed by atoms with van der Waals surface area (Å²) < 4.78 is 5.20. The van der Waals surface area contributed by atoms with Crippen LogP contribution < -0.4 is 4.74 Å². The highest BCUT2D eigenvalue weighted by Crippen LogP contribution is 2.26. The number of para-hydroxylation sites is 2. The monoisotopic (exact) mass is 191 g/mol. The molecule has 0 atom stereocenters. The van der Waals surface area contributed by atoms with Gasteiger partial charge in [0.05, 0.1) is 7.11 Å². The fourth-order valence-electron chi connectivity index (χ4n) is 1.000. The van der Waals surface area contributed by atoms with Crippen molar-refractivity contribution in [3.8, 4) is 5.75 Å². The second-order valence-electron chi connectivity index (χ2n) is 4.30. The lowest BCUT2D eigenvalue weighted by Crippen LogP contribution is -2.05. The van der Waals surface area contributed by atoms with Crippen LogP contribution in [0.1, 0.15) is 20.8 Å². The van der Waals surface area contributed by atoms with Crippen molar-refractivity contribution in [2.75, 3.05) is 7.11 Å². The standard InChI is InChI=1S/C12H17NO/c1-12(2,3)9-13-10-7-5-6-8-11(10)14-4/h5-9H,1-4H3. The molecule has 0 saturated heterocycles. The lowest BCUT2D eigenvalue weighted by Gasteiger charge is -2.10. The largest absolute Gasteiger partial charge is 0.494 e. The summed E-state index contributed by atoms with van der Waals surface area (Å²) in [5.41, 5.74) is 0.978. The lowest BCUT2D eigenvalue weighted by atomic mass is 9.99. The first-order valence-corrected chi connectivity index (χ1v) is 4.71. The first-order valence-electron chi connectivity index (χ1n) is 4.71. The molecule has 0 aliphatic rings. The second kappa shape index (κ2) is 4.27. The number of methoxy groups -OCH3 is 1. The molecule has 0 amide bonds. The van der Waals surface area contributed by atoms with Gasteiger partial charge in [0.25, 0.3) is 0 Å². The van der Waals surface area contributed by atoms with E-state index in [0.717, 1.165) is 11.4 Å². The summed E-state index contributed by atoms with van der Waals surface area (Å²) in [5, 5.41) is 0. The molecule has 0 N–H and O–H groups in total. The number of benzene rings is 1. The van der Waals surface area contributed by atoms with Gasteiger partial charge in [-0.2, -0.15) is 0 Å². The van der Waals surface area contributed by atoms with Crippen molar-refractivity contribution in [1.29, 1.82) is 0 Å². The minimum atomic E-state index is 0.0981. The van der Waals surface area contributed by atoms with E-state index in [1.165, 1.54) is 0 Å². The molecule has 2 nitrogen and oxygen atoms in total. The number of aliphatic imine (C=N–C) groups is 1. The summed E-state index contributed by atoms with van der Waals surface area (Å²) in [6.45, 7) is 6.35. The molecule has 1 aromatic carbocycles. The van der Waals surface area contributed by atoms with E-state index in [1.54, 1.807) is 7.11 Å².